The predicted octanol–water partition coefficient (Wildman–Crippen LogP) is 3.82. The van der Waals surface area contributed by atoms with E-state index in [0.717, 1.165) is 19.3 Å². The van der Waals surface area contributed by atoms with Crippen molar-refractivity contribution in [2.75, 3.05) is 0 Å². The molecule has 0 N–H and O–H groups in total. The molecule has 0 fully saturated rings. The zero-order valence-electron chi connectivity index (χ0n) is 7.58. The Morgan fingerprint density at radius 3 is 1.75 bits per heavy atom. The van der Waals surface area contributed by atoms with Crippen molar-refractivity contribution in [1.29, 1.82) is 0 Å². The molecule has 12 heavy (non-hydrogen) atoms. The van der Waals surface area contributed by atoms with Crippen molar-refractivity contribution in [3.63, 3.8) is 0 Å². The smallest absolute Gasteiger partial charge is 0.0169 e. The second kappa shape index (κ2) is 6.90. The number of rotatable bonds is 0. The fourth-order valence-corrected chi connectivity index (χ4v) is 1.18. The van der Waals surface area contributed by atoms with Crippen molar-refractivity contribution in [2.24, 2.45) is 0 Å². The highest BCUT2D eigenvalue weighted by Gasteiger charge is 1.83. The molecule has 0 saturated heterocycles. The molecule has 1 aliphatic carbocycles. The Balaban J connectivity index is 2.30. The van der Waals surface area contributed by atoms with Crippen LogP contribution in [0, 0.1) is 6.42 Å². The molecule has 1 rings (SSSR count). The number of hydrogen-bond acceptors (Lipinski definition) is 0. The van der Waals surface area contributed by atoms with Crippen LogP contribution < -0.4 is 0 Å². The van der Waals surface area contributed by atoms with E-state index in [1.54, 1.807) is 0 Å². The second-order valence-electron chi connectivity index (χ2n) is 2.99. The van der Waals surface area contributed by atoms with Gasteiger partial charge in [0, 0.05) is 0 Å². The third-order valence-electron chi connectivity index (χ3n) is 1.88. The molecular weight excluding hydrogens is 144 g/mol. The van der Waals surface area contributed by atoms with Gasteiger partial charge in [0.15, 0.2) is 0 Å². The average molecular weight is 161 g/mol. The molecule has 0 aromatic carbocycles. The summed E-state index contributed by atoms with van der Waals surface area (Å²) >= 11 is 0. The lowest BCUT2D eigenvalue weighted by Crippen LogP contribution is -1.73. The van der Waals surface area contributed by atoms with E-state index in [0.29, 0.717) is 0 Å². The highest BCUT2D eigenvalue weighted by Crippen LogP contribution is 2.02. The highest BCUT2D eigenvalue weighted by atomic mass is 13.9. The summed E-state index contributed by atoms with van der Waals surface area (Å²) in [5.74, 6) is 0. The molecule has 65 valence electrons. The van der Waals surface area contributed by atoms with Crippen molar-refractivity contribution in [3.8, 4) is 0 Å². The van der Waals surface area contributed by atoms with Gasteiger partial charge in [0.05, 0.1) is 0 Å². The minimum atomic E-state index is 1.09. The van der Waals surface area contributed by atoms with Crippen LogP contribution in [-0.4, -0.2) is 0 Å². The lowest BCUT2D eigenvalue weighted by Gasteiger charge is -1.92. The molecule has 1 aliphatic rings. The SMILES string of the molecule is [CH]1CC=CCC=CCCC=CC1. The molecule has 0 atom stereocenters. The van der Waals surface area contributed by atoms with Gasteiger partial charge in [-0.05, 0) is 38.5 Å². The highest BCUT2D eigenvalue weighted by molar-refractivity contribution is 4.98. The van der Waals surface area contributed by atoms with Crippen molar-refractivity contribution < 1.29 is 0 Å². The standard InChI is InChI=1S/C12H17/c1-2-4-6-8-10-12-11-9-7-5-3-1/h1-2,5-7,10,12H,3-4,8-9,11H2. The maximum atomic E-state index is 2.30. The van der Waals surface area contributed by atoms with Crippen molar-refractivity contribution >= 4 is 0 Å². The topological polar surface area (TPSA) is 0 Å². The van der Waals surface area contributed by atoms with Crippen LogP contribution in [0.15, 0.2) is 36.5 Å². The minimum Gasteiger partial charge on any atom is -0.0882 e. The Kier molecular flexibility index (Phi) is 5.35. The van der Waals surface area contributed by atoms with Crippen LogP contribution in [0.3, 0.4) is 0 Å². The van der Waals surface area contributed by atoms with Gasteiger partial charge in [0.2, 0.25) is 0 Å². The van der Waals surface area contributed by atoms with E-state index in [2.05, 4.69) is 42.9 Å². The Morgan fingerprint density at radius 1 is 0.500 bits per heavy atom. The van der Waals surface area contributed by atoms with Gasteiger partial charge in [-0.1, -0.05) is 36.5 Å². The molecule has 0 spiro atoms. The van der Waals surface area contributed by atoms with E-state index in [4.69, 9.17) is 0 Å². The van der Waals surface area contributed by atoms with Gasteiger partial charge < -0.3 is 0 Å². The largest absolute Gasteiger partial charge is 0.0882 e. The summed E-state index contributed by atoms with van der Waals surface area (Å²) in [5, 5.41) is 0. The quantitative estimate of drug-likeness (QED) is 0.474. The van der Waals surface area contributed by atoms with Crippen molar-refractivity contribution in [3.05, 3.63) is 42.9 Å². The van der Waals surface area contributed by atoms with Crippen LogP contribution in [0.2, 0.25) is 0 Å². The number of allylic oxidation sites excluding steroid dienone is 6. The molecule has 0 saturated carbocycles. The summed E-state index contributed by atoms with van der Waals surface area (Å²) in [6, 6.07) is 0. The first-order valence-corrected chi connectivity index (χ1v) is 4.77. The fourth-order valence-electron chi connectivity index (χ4n) is 1.18. The first kappa shape index (κ1) is 9.31. The van der Waals surface area contributed by atoms with Crippen LogP contribution >= 0.6 is 0 Å². The van der Waals surface area contributed by atoms with Gasteiger partial charge in [0.25, 0.3) is 0 Å². The van der Waals surface area contributed by atoms with E-state index >= 15 is 0 Å². The van der Waals surface area contributed by atoms with E-state index in [1.165, 1.54) is 12.8 Å². The molecule has 0 nitrogen and oxygen atoms in total. The summed E-state index contributed by atoms with van der Waals surface area (Å²) < 4.78 is 0. The molecular formula is C12H17. The first-order valence-electron chi connectivity index (χ1n) is 4.77. The van der Waals surface area contributed by atoms with Crippen molar-refractivity contribution in [2.45, 2.75) is 32.1 Å². The summed E-state index contributed by atoms with van der Waals surface area (Å²) in [4.78, 5) is 0. The predicted molar refractivity (Wildman–Crippen MR) is 54.8 cm³/mol. The number of hydrogen-bond donors (Lipinski definition) is 0. The summed E-state index contributed by atoms with van der Waals surface area (Å²) in [5.41, 5.74) is 0. The van der Waals surface area contributed by atoms with Crippen LogP contribution in [0.25, 0.3) is 0 Å². The molecule has 0 heteroatoms. The Hall–Kier alpha value is -0.780. The lowest BCUT2D eigenvalue weighted by molar-refractivity contribution is 1.02. The Bertz CT molecular complexity index is 172. The molecule has 0 bridgehead atoms. The van der Waals surface area contributed by atoms with Gasteiger partial charge in [-0.15, -0.1) is 0 Å². The third kappa shape index (κ3) is 4.95. The molecule has 0 unspecified atom stereocenters. The first-order chi connectivity index (χ1) is 6.00. The van der Waals surface area contributed by atoms with Gasteiger partial charge in [0.1, 0.15) is 0 Å². The zero-order valence-corrected chi connectivity index (χ0v) is 7.58. The fraction of sp³-hybridized carbons (Fsp3) is 0.417. The van der Waals surface area contributed by atoms with E-state index in [1.807, 2.05) is 0 Å². The maximum absolute atomic E-state index is 2.30. The van der Waals surface area contributed by atoms with Gasteiger partial charge in [-0.25, -0.2) is 0 Å². The summed E-state index contributed by atoms with van der Waals surface area (Å²) in [7, 11) is 0. The van der Waals surface area contributed by atoms with Crippen LogP contribution in [0.1, 0.15) is 32.1 Å². The van der Waals surface area contributed by atoms with E-state index in [-0.39, 0.29) is 0 Å². The zero-order chi connectivity index (χ0) is 8.49. The summed E-state index contributed by atoms with van der Waals surface area (Å²) in [6.07, 6.45) is 21.5. The molecule has 0 aliphatic heterocycles. The maximum Gasteiger partial charge on any atom is -0.0169 e. The molecule has 0 aromatic rings. The van der Waals surface area contributed by atoms with Gasteiger partial charge >= 0.3 is 0 Å². The second-order valence-corrected chi connectivity index (χ2v) is 2.99. The Labute approximate surface area is 75.7 Å². The molecule has 1 radical (unpaired) electrons. The Morgan fingerprint density at radius 2 is 1.00 bits per heavy atom. The third-order valence-corrected chi connectivity index (χ3v) is 1.88. The van der Waals surface area contributed by atoms with E-state index in [9.17, 15) is 0 Å². The van der Waals surface area contributed by atoms with Gasteiger partial charge in [-0.2, -0.15) is 0 Å². The summed E-state index contributed by atoms with van der Waals surface area (Å²) in [6.45, 7) is 0. The van der Waals surface area contributed by atoms with Gasteiger partial charge in [-0.3, -0.25) is 0 Å². The molecule has 0 heterocycles. The van der Waals surface area contributed by atoms with Crippen molar-refractivity contribution in [1.82, 2.24) is 0 Å². The molecule has 0 aromatic heterocycles. The van der Waals surface area contributed by atoms with Crippen LogP contribution in [-0.2, 0) is 0 Å². The normalized spacial score (nSPS) is 20.0. The average Bonchev–Trinajstić information content (AvgIpc) is 2.05. The monoisotopic (exact) mass is 161 g/mol. The van der Waals surface area contributed by atoms with Crippen LogP contribution in [0.5, 0.6) is 0 Å². The van der Waals surface area contributed by atoms with Crippen LogP contribution in [0.4, 0.5) is 0 Å². The minimum absolute atomic E-state index is 1.09. The lowest BCUT2D eigenvalue weighted by atomic mass is 10.1. The van der Waals surface area contributed by atoms with E-state index < -0.39 is 0 Å². The molecule has 0 amide bonds.